The third-order valence-corrected chi connectivity index (χ3v) is 6.23. The van der Waals surface area contributed by atoms with E-state index in [1.165, 1.54) is 11.1 Å². The van der Waals surface area contributed by atoms with E-state index in [1.54, 1.807) is 0 Å². The smallest absolute Gasteiger partial charge is 0.310 e. The van der Waals surface area contributed by atoms with Gasteiger partial charge < -0.3 is 19.7 Å². The van der Waals surface area contributed by atoms with Crippen molar-refractivity contribution in [1.29, 1.82) is 0 Å². The van der Waals surface area contributed by atoms with Crippen molar-refractivity contribution in [3.05, 3.63) is 64.2 Å². The Morgan fingerprint density at radius 2 is 1.55 bits per heavy atom. The molecule has 33 heavy (non-hydrogen) atoms. The van der Waals surface area contributed by atoms with Crippen molar-refractivity contribution >= 4 is 5.97 Å². The summed E-state index contributed by atoms with van der Waals surface area (Å²) in [6, 6.07) is 12.6. The number of hydrogen-bond acceptors (Lipinski definition) is 5. The Balaban J connectivity index is 2.34. The summed E-state index contributed by atoms with van der Waals surface area (Å²) in [7, 11) is 0. The SMILES string of the molecule is CCC(CC)(c1ccc(CC(=O)OC(C)(C)C)c(C)c1)c1ccc(OCC(O)CO)c(C)c1. The van der Waals surface area contributed by atoms with Crippen LogP contribution >= 0.6 is 0 Å². The number of rotatable bonds is 10. The van der Waals surface area contributed by atoms with Crippen molar-refractivity contribution in [3.63, 3.8) is 0 Å². The molecule has 0 spiro atoms. The largest absolute Gasteiger partial charge is 0.491 e. The third-order valence-electron chi connectivity index (χ3n) is 6.23. The average molecular weight is 457 g/mol. The van der Waals surface area contributed by atoms with Gasteiger partial charge in [0.2, 0.25) is 0 Å². The maximum Gasteiger partial charge on any atom is 0.310 e. The number of benzene rings is 2. The second kappa shape index (κ2) is 11.2. The highest BCUT2D eigenvalue weighted by Crippen LogP contribution is 2.41. The highest BCUT2D eigenvalue weighted by Gasteiger charge is 2.31. The van der Waals surface area contributed by atoms with E-state index in [1.807, 2.05) is 40.7 Å². The number of hydrogen-bond donors (Lipinski definition) is 2. The molecule has 2 N–H and O–H groups in total. The molecule has 1 atom stereocenters. The summed E-state index contributed by atoms with van der Waals surface area (Å²) in [6.07, 6.45) is 1.23. The maximum absolute atomic E-state index is 12.3. The van der Waals surface area contributed by atoms with Gasteiger partial charge in [0.05, 0.1) is 13.0 Å². The van der Waals surface area contributed by atoms with Crippen LogP contribution in [0.5, 0.6) is 5.75 Å². The van der Waals surface area contributed by atoms with Gasteiger partial charge in [-0.3, -0.25) is 4.79 Å². The molecule has 0 aliphatic heterocycles. The summed E-state index contributed by atoms with van der Waals surface area (Å²) in [6.45, 7) is 13.8. The van der Waals surface area contributed by atoms with Gasteiger partial charge >= 0.3 is 5.97 Å². The number of carbonyl (C=O) groups is 1. The van der Waals surface area contributed by atoms with Gasteiger partial charge in [0, 0.05) is 5.41 Å². The Hall–Kier alpha value is -2.37. The number of ether oxygens (including phenoxy) is 2. The fraction of sp³-hybridized carbons (Fsp3) is 0.536. The van der Waals surface area contributed by atoms with E-state index in [0.29, 0.717) is 5.75 Å². The molecule has 0 aliphatic carbocycles. The zero-order valence-corrected chi connectivity index (χ0v) is 21.2. The molecular formula is C28H40O5. The number of esters is 1. The Labute approximate surface area is 198 Å². The Morgan fingerprint density at radius 3 is 2.03 bits per heavy atom. The van der Waals surface area contributed by atoms with Gasteiger partial charge in [-0.2, -0.15) is 0 Å². The summed E-state index contributed by atoms with van der Waals surface area (Å²) >= 11 is 0. The Morgan fingerprint density at radius 1 is 0.970 bits per heavy atom. The lowest BCUT2D eigenvalue weighted by Gasteiger charge is -2.34. The van der Waals surface area contributed by atoms with Crippen molar-refractivity contribution in [2.45, 2.75) is 84.8 Å². The first-order valence-corrected chi connectivity index (χ1v) is 11.8. The molecule has 0 fully saturated rings. The van der Waals surface area contributed by atoms with Crippen molar-refractivity contribution < 1.29 is 24.5 Å². The molecule has 0 saturated carbocycles. The van der Waals surface area contributed by atoms with E-state index in [2.05, 4.69) is 44.2 Å². The molecule has 0 heterocycles. The second-order valence-electron chi connectivity index (χ2n) is 9.82. The summed E-state index contributed by atoms with van der Waals surface area (Å²) in [5, 5.41) is 18.6. The third kappa shape index (κ3) is 6.81. The molecule has 0 bridgehead atoms. The van der Waals surface area contributed by atoms with Gasteiger partial charge in [0.1, 0.15) is 24.1 Å². The predicted octanol–water partition coefficient (Wildman–Crippen LogP) is 5.03. The van der Waals surface area contributed by atoms with E-state index >= 15 is 0 Å². The van der Waals surface area contributed by atoms with Gasteiger partial charge in [0.25, 0.3) is 0 Å². The van der Waals surface area contributed by atoms with Crippen LogP contribution in [0.15, 0.2) is 36.4 Å². The predicted molar refractivity (Wildman–Crippen MR) is 132 cm³/mol. The summed E-state index contributed by atoms with van der Waals surface area (Å²) < 4.78 is 11.2. The number of aliphatic hydroxyl groups excluding tert-OH is 2. The van der Waals surface area contributed by atoms with E-state index in [0.717, 1.165) is 29.5 Å². The van der Waals surface area contributed by atoms with Crippen LogP contribution in [0.2, 0.25) is 0 Å². The lowest BCUT2D eigenvalue weighted by molar-refractivity contribution is -0.153. The molecule has 0 amide bonds. The van der Waals surface area contributed by atoms with Gasteiger partial charge in [-0.1, -0.05) is 44.2 Å². The quantitative estimate of drug-likeness (QED) is 0.491. The normalized spacial score (nSPS) is 13.0. The lowest BCUT2D eigenvalue weighted by atomic mass is 9.70. The minimum absolute atomic E-state index is 0.0572. The summed E-state index contributed by atoms with van der Waals surface area (Å²) in [5.41, 5.74) is 4.83. The van der Waals surface area contributed by atoms with Crippen LogP contribution in [0.1, 0.15) is 75.3 Å². The first kappa shape index (κ1) is 26.9. The van der Waals surface area contributed by atoms with E-state index < -0.39 is 11.7 Å². The average Bonchev–Trinajstić information content (AvgIpc) is 2.74. The van der Waals surface area contributed by atoms with Crippen LogP contribution < -0.4 is 4.74 Å². The van der Waals surface area contributed by atoms with Crippen LogP contribution in [-0.4, -0.2) is 41.1 Å². The zero-order chi connectivity index (χ0) is 24.8. The fourth-order valence-electron chi connectivity index (χ4n) is 4.31. The topological polar surface area (TPSA) is 76.0 Å². The summed E-state index contributed by atoms with van der Waals surface area (Å²) in [5.74, 6) is 0.490. The van der Waals surface area contributed by atoms with E-state index in [-0.39, 0.29) is 31.0 Å². The van der Waals surface area contributed by atoms with Crippen LogP contribution in [0.3, 0.4) is 0 Å². The fourth-order valence-corrected chi connectivity index (χ4v) is 4.31. The molecule has 5 heteroatoms. The number of aryl methyl sites for hydroxylation is 2. The molecule has 0 aromatic heterocycles. The molecule has 0 radical (unpaired) electrons. The maximum atomic E-state index is 12.3. The molecule has 2 aromatic rings. The second-order valence-corrected chi connectivity index (χ2v) is 9.82. The molecule has 0 saturated heterocycles. The van der Waals surface area contributed by atoms with Gasteiger partial charge in [-0.05, 0) is 81.3 Å². The van der Waals surface area contributed by atoms with Crippen molar-refractivity contribution in [2.75, 3.05) is 13.2 Å². The Kier molecular flexibility index (Phi) is 9.10. The first-order valence-electron chi connectivity index (χ1n) is 11.8. The molecular weight excluding hydrogens is 416 g/mol. The van der Waals surface area contributed by atoms with Crippen LogP contribution in [0, 0.1) is 13.8 Å². The molecule has 182 valence electrons. The minimum Gasteiger partial charge on any atom is -0.491 e. The minimum atomic E-state index is -0.892. The summed E-state index contributed by atoms with van der Waals surface area (Å²) in [4.78, 5) is 12.3. The lowest BCUT2D eigenvalue weighted by Crippen LogP contribution is -2.27. The van der Waals surface area contributed by atoms with Gasteiger partial charge in [0.15, 0.2) is 0 Å². The Bertz CT molecular complexity index is 938. The van der Waals surface area contributed by atoms with E-state index in [9.17, 15) is 9.90 Å². The zero-order valence-electron chi connectivity index (χ0n) is 21.2. The molecule has 2 aromatic carbocycles. The van der Waals surface area contributed by atoms with Crippen molar-refractivity contribution in [1.82, 2.24) is 0 Å². The standard InChI is InChI=1S/C28H40O5/c1-8-28(9-2,23-12-13-25(20(4)15-23)32-18-24(30)17-29)22-11-10-21(19(3)14-22)16-26(31)33-27(5,6)7/h10-15,24,29-30H,8-9,16-18H2,1-7H3. The molecule has 2 rings (SSSR count). The monoisotopic (exact) mass is 456 g/mol. The highest BCUT2D eigenvalue weighted by atomic mass is 16.6. The molecule has 0 aliphatic rings. The van der Waals surface area contributed by atoms with Gasteiger partial charge in [-0.15, -0.1) is 0 Å². The number of aliphatic hydroxyl groups is 2. The van der Waals surface area contributed by atoms with Crippen molar-refractivity contribution in [2.24, 2.45) is 0 Å². The van der Waals surface area contributed by atoms with Crippen molar-refractivity contribution in [3.8, 4) is 5.75 Å². The first-order chi connectivity index (χ1) is 15.5. The number of carbonyl (C=O) groups excluding carboxylic acids is 1. The molecule has 5 nitrogen and oxygen atoms in total. The molecule has 1 unspecified atom stereocenters. The highest BCUT2D eigenvalue weighted by molar-refractivity contribution is 5.73. The van der Waals surface area contributed by atoms with E-state index in [4.69, 9.17) is 14.6 Å². The van der Waals surface area contributed by atoms with Crippen LogP contribution in [0.4, 0.5) is 0 Å². The van der Waals surface area contributed by atoms with Crippen LogP contribution in [0.25, 0.3) is 0 Å². The van der Waals surface area contributed by atoms with Gasteiger partial charge in [-0.25, -0.2) is 0 Å². The van der Waals surface area contributed by atoms with Crippen LogP contribution in [-0.2, 0) is 21.4 Å².